The highest BCUT2D eigenvalue weighted by molar-refractivity contribution is 6.38. The molecule has 0 amide bonds. The highest BCUT2D eigenvalue weighted by Crippen LogP contribution is 2.17. The molecular weight excluding hydrogens is 179 g/mol. The van der Waals surface area contributed by atoms with Crippen LogP contribution in [0, 0.1) is 0 Å². The van der Waals surface area contributed by atoms with Crippen molar-refractivity contribution in [3.8, 4) is 0 Å². The molecule has 0 saturated carbocycles. The number of rotatable bonds is 2. The van der Waals surface area contributed by atoms with Crippen molar-refractivity contribution in [2.75, 3.05) is 6.61 Å². The van der Waals surface area contributed by atoms with Crippen molar-refractivity contribution in [1.29, 1.82) is 0 Å². The lowest BCUT2D eigenvalue weighted by molar-refractivity contribution is -0.139. The van der Waals surface area contributed by atoms with Crippen molar-refractivity contribution in [3.63, 3.8) is 0 Å². The summed E-state index contributed by atoms with van der Waals surface area (Å²) in [5.74, 6) is -1.69. The fraction of sp³-hybridized carbons (Fsp3) is 0.600. The Balaban J connectivity index is 4.49. The van der Waals surface area contributed by atoms with Crippen molar-refractivity contribution < 1.29 is 27.9 Å². The van der Waals surface area contributed by atoms with Gasteiger partial charge in [0.25, 0.3) is 5.71 Å². The standard InChI is InChI=1S/C5H6F3NO3/c1-2-12-4(10)3(9-11)5(6,7)8/h11H,2H2,1H3/b9-3+. The van der Waals surface area contributed by atoms with E-state index in [1.165, 1.54) is 6.92 Å². The van der Waals surface area contributed by atoms with Crippen LogP contribution in [0.25, 0.3) is 0 Å². The molecule has 0 saturated heterocycles. The maximum atomic E-state index is 11.7. The van der Waals surface area contributed by atoms with Gasteiger partial charge in [0.15, 0.2) is 0 Å². The maximum Gasteiger partial charge on any atom is 0.443 e. The van der Waals surface area contributed by atoms with E-state index < -0.39 is 17.9 Å². The molecule has 0 heterocycles. The monoisotopic (exact) mass is 185 g/mol. The van der Waals surface area contributed by atoms with Gasteiger partial charge in [-0.25, -0.2) is 4.79 Å². The van der Waals surface area contributed by atoms with Crippen molar-refractivity contribution in [3.05, 3.63) is 0 Å². The Morgan fingerprint density at radius 2 is 2.08 bits per heavy atom. The molecule has 70 valence electrons. The van der Waals surface area contributed by atoms with Crippen LogP contribution in [0.4, 0.5) is 13.2 Å². The molecule has 0 unspecified atom stereocenters. The summed E-state index contributed by atoms with van der Waals surface area (Å²) in [5, 5.41) is 9.62. The summed E-state index contributed by atoms with van der Waals surface area (Å²) in [6.07, 6.45) is -4.99. The number of nitrogens with zero attached hydrogens (tertiary/aromatic N) is 1. The molecule has 1 N–H and O–H groups in total. The summed E-state index contributed by atoms with van der Waals surface area (Å²) in [6.45, 7) is 1.12. The highest BCUT2D eigenvalue weighted by Gasteiger charge is 2.42. The first-order chi connectivity index (χ1) is 5.43. The molecule has 0 aliphatic heterocycles. The molecule has 0 bridgehead atoms. The largest absolute Gasteiger partial charge is 0.461 e. The second kappa shape index (κ2) is 3.93. The van der Waals surface area contributed by atoms with Gasteiger partial charge in [0, 0.05) is 0 Å². The van der Waals surface area contributed by atoms with Crippen LogP contribution in [0.3, 0.4) is 0 Å². The Kier molecular flexibility index (Phi) is 3.52. The van der Waals surface area contributed by atoms with Gasteiger partial charge in [-0.1, -0.05) is 5.16 Å². The number of hydrogen-bond acceptors (Lipinski definition) is 4. The van der Waals surface area contributed by atoms with Crippen LogP contribution >= 0.6 is 0 Å². The first-order valence-electron chi connectivity index (χ1n) is 2.89. The highest BCUT2D eigenvalue weighted by atomic mass is 19.4. The Hall–Kier alpha value is -1.27. The fourth-order valence-corrected chi connectivity index (χ4v) is 0.413. The Bertz CT molecular complexity index is 199. The van der Waals surface area contributed by atoms with E-state index in [1.54, 1.807) is 5.16 Å². The molecule has 0 rings (SSSR count). The van der Waals surface area contributed by atoms with Crippen molar-refractivity contribution in [2.24, 2.45) is 5.16 Å². The van der Waals surface area contributed by atoms with Crippen LogP contribution in [0.2, 0.25) is 0 Å². The molecule has 0 aromatic heterocycles. The Morgan fingerprint density at radius 1 is 1.58 bits per heavy atom. The zero-order valence-electron chi connectivity index (χ0n) is 6.05. The molecule has 0 atom stereocenters. The Morgan fingerprint density at radius 3 is 2.33 bits per heavy atom. The van der Waals surface area contributed by atoms with Crippen LogP contribution in [0.1, 0.15) is 6.92 Å². The third kappa shape index (κ3) is 2.77. The minimum Gasteiger partial charge on any atom is -0.461 e. The number of carbonyl (C=O) groups excluding carboxylic acids is 1. The van der Waals surface area contributed by atoms with Gasteiger partial charge >= 0.3 is 12.1 Å². The van der Waals surface area contributed by atoms with Gasteiger partial charge in [0.05, 0.1) is 6.61 Å². The van der Waals surface area contributed by atoms with Gasteiger partial charge in [0.1, 0.15) is 0 Å². The number of carbonyl (C=O) groups is 1. The van der Waals surface area contributed by atoms with Crippen LogP contribution in [0.5, 0.6) is 0 Å². The fourth-order valence-electron chi connectivity index (χ4n) is 0.413. The number of hydrogen-bond donors (Lipinski definition) is 1. The molecule has 0 aromatic carbocycles. The topological polar surface area (TPSA) is 58.9 Å². The summed E-state index contributed by atoms with van der Waals surface area (Å²) in [6, 6.07) is 0. The second-order valence-electron chi connectivity index (χ2n) is 1.67. The summed E-state index contributed by atoms with van der Waals surface area (Å²) in [4.78, 5) is 10.4. The minimum atomic E-state index is -4.99. The lowest BCUT2D eigenvalue weighted by Crippen LogP contribution is -2.32. The van der Waals surface area contributed by atoms with Gasteiger partial charge in [-0.15, -0.1) is 0 Å². The van der Waals surface area contributed by atoms with Gasteiger partial charge in [0.2, 0.25) is 0 Å². The molecule has 12 heavy (non-hydrogen) atoms. The second-order valence-corrected chi connectivity index (χ2v) is 1.67. The van der Waals surface area contributed by atoms with E-state index in [1.807, 2.05) is 0 Å². The van der Waals surface area contributed by atoms with E-state index in [0.717, 1.165) is 0 Å². The lowest BCUT2D eigenvalue weighted by Gasteiger charge is -2.06. The van der Waals surface area contributed by atoms with E-state index in [0.29, 0.717) is 0 Å². The number of halogens is 3. The van der Waals surface area contributed by atoms with Crippen LogP contribution in [-0.2, 0) is 9.53 Å². The smallest absolute Gasteiger partial charge is 0.443 e. The Labute approximate surface area is 65.6 Å². The first-order valence-corrected chi connectivity index (χ1v) is 2.89. The van der Waals surface area contributed by atoms with Crippen molar-refractivity contribution >= 4 is 11.7 Å². The van der Waals surface area contributed by atoms with Gasteiger partial charge in [-0.05, 0) is 6.92 Å². The van der Waals surface area contributed by atoms with Gasteiger partial charge < -0.3 is 9.94 Å². The molecule has 7 heteroatoms. The van der Waals surface area contributed by atoms with E-state index in [-0.39, 0.29) is 6.61 Å². The van der Waals surface area contributed by atoms with E-state index in [4.69, 9.17) is 5.21 Å². The summed E-state index contributed by atoms with van der Waals surface area (Å²) < 4.78 is 39.1. The number of esters is 1. The number of ether oxygens (including phenoxy) is 1. The van der Waals surface area contributed by atoms with Crippen LogP contribution in [0.15, 0.2) is 5.16 Å². The zero-order valence-corrected chi connectivity index (χ0v) is 6.05. The summed E-state index contributed by atoms with van der Waals surface area (Å²) in [5.41, 5.74) is -1.95. The summed E-state index contributed by atoms with van der Waals surface area (Å²) >= 11 is 0. The van der Waals surface area contributed by atoms with Crippen molar-refractivity contribution in [2.45, 2.75) is 13.1 Å². The molecule has 0 aliphatic carbocycles. The third-order valence-electron chi connectivity index (χ3n) is 0.837. The lowest BCUT2D eigenvalue weighted by atomic mass is 10.4. The van der Waals surface area contributed by atoms with Crippen LogP contribution < -0.4 is 0 Å². The third-order valence-corrected chi connectivity index (χ3v) is 0.837. The molecule has 4 nitrogen and oxygen atoms in total. The van der Waals surface area contributed by atoms with E-state index in [2.05, 4.69) is 4.74 Å². The quantitative estimate of drug-likeness (QED) is 0.301. The molecule has 0 aliphatic rings. The van der Waals surface area contributed by atoms with Crippen molar-refractivity contribution in [1.82, 2.24) is 0 Å². The average molecular weight is 185 g/mol. The zero-order chi connectivity index (χ0) is 9.78. The first kappa shape index (κ1) is 10.7. The average Bonchev–Trinajstić information content (AvgIpc) is 1.85. The normalized spacial score (nSPS) is 12.8. The van der Waals surface area contributed by atoms with E-state index >= 15 is 0 Å². The predicted octanol–water partition coefficient (Wildman–Crippen LogP) is 0.942. The van der Waals surface area contributed by atoms with Gasteiger partial charge in [-0.2, -0.15) is 13.2 Å². The molecular formula is C5H6F3NO3. The summed E-state index contributed by atoms with van der Waals surface area (Å²) in [7, 11) is 0. The van der Waals surface area contributed by atoms with Crippen LogP contribution in [-0.4, -0.2) is 29.7 Å². The molecule has 0 spiro atoms. The minimum absolute atomic E-state index is 0.214. The van der Waals surface area contributed by atoms with E-state index in [9.17, 15) is 18.0 Å². The van der Waals surface area contributed by atoms with Gasteiger partial charge in [-0.3, -0.25) is 0 Å². The number of alkyl halides is 3. The predicted molar refractivity (Wildman–Crippen MR) is 31.9 cm³/mol. The number of oxime groups is 1. The maximum absolute atomic E-state index is 11.7. The molecule has 0 aromatic rings. The molecule has 0 radical (unpaired) electrons. The SMILES string of the molecule is CCOC(=O)/C(=N\O)C(F)(F)F. The molecule has 0 fully saturated rings.